The molecule has 0 spiro atoms. The molecule has 1 atom stereocenters. The molecule has 0 aliphatic carbocycles. The van der Waals surface area contributed by atoms with Gasteiger partial charge in [-0.25, -0.2) is 0 Å². The highest BCUT2D eigenvalue weighted by Gasteiger charge is 2.11. The highest BCUT2D eigenvalue weighted by molar-refractivity contribution is 5.73. The van der Waals surface area contributed by atoms with Gasteiger partial charge in [-0.2, -0.15) is 5.26 Å². The van der Waals surface area contributed by atoms with Gasteiger partial charge in [0, 0.05) is 11.3 Å². The summed E-state index contributed by atoms with van der Waals surface area (Å²) in [5, 5.41) is 11.8. The monoisotopic (exact) mass is 186 g/mol. The lowest BCUT2D eigenvalue weighted by Gasteiger charge is -2.17. The molecule has 1 N–H and O–H groups in total. The van der Waals surface area contributed by atoms with Crippen molar-refractivity contribution < 1.29 is 4.74 Å². The summed E-state index contributed by atoms with van der Waals surface area (Å²) in [7, 11) is 1.64. The van der Waals surface area contributed by atoms with Gasteiger partial charge in [0.1, 0.15) is 11.8 Å². The number of nitriles is 1. The molecule has 1 aromatic carbocycles. The average Bonchev–Trinajstić information content (AvgIpc) is 2.27. The number of nitrogens with one attached hydrogen (secondary N) is 1. The second-order valence-corrected chi connectivity index (χ2v) is 3.06. The maximum atomic E-state index is 8.73. The van der Waals surface area contributed by atoms with Gasteiger partial charge in [0.25, 0.3) is 0 Å². The highest BCUT2D eigenvalue weighted by atomic mass is 16.5. The van der Waals surface area contributed by atoms with Gasteiger partial charge in [-0.15, -0.1) is 0 Å². The Kier molecular flexibility index (Phi) is 2.11. The first-order valence-corrected chi connectivity index (χ1v) is 4.36. The molecule has 3 nitrogen and oxygen atoms in total. The van der Waals surface area contributed by atoms with Gasteiger partial charge < -0.3 is 10.1 Å². The van der Waals surface area contributed by atoms with E-state index in [4.69, 9.17) is 10.00 Å². The molecule has 14 heavy (non-hydrogen) atoms. The minimum absolute atomic E-state index is 0.226. The Balaban J connectivity index is 2.37. The van der Waals surface area contributed by atoms with Crippen LogP contribution < -0.4 is 10.1 Å². The van der Waals surface area contributed by atoms with E-state index in [1.807, 2.05) is 30.4 Å². The largest absolute Gasteiger partial charge is 0.497 e. The summed E-state index contributed by atoms with van der Waals surface area (Å²) in [5.74, 6) is 0.825. The van der Waals surface area contributed by atoms with Crippen LogP contribution in [0.3, 0.4) is 0 Å². The molecule has 0 saturated heterocycles. The molecule has 0 bridgehead atoms. The van der Waals surface area contributed by atoms with Crippen molar-refractivity contribution in [3.05, 3.63) is 29.8 Å². The van der Waals surface area contributed by atoms with Gasteiger partial charge in [0.05, 0.1) is 13.2 Å². The first-order valence-electron chi connectivity index (χ1n) is 4.36. The third-order valence-electron chi connectivity index (χ3n) is 2.18. The van der Waals surface area contributed by atoms with Crippen molar-refractivity contribution in [3.8, 4) is 11.8 Å². The number of nitrogens with zero attached hydrogens (tertiary/aromatic N) is 1. The molecule has 1 unspecified atom stereocenters. The van der Waals surface area contributed by atoms with E-state index in [0.29, 0.717) is 0 Å². The molecular weight excluding hydrogens is 176 g/mol. The summed E-state index contributed by atoms with van der Waals surface area (Å²) in [6.07, 6.45) is 3.77. The smallest absolute Gasteiger partial charge is 0.133 e. The van der Waals surface area contributed by atoms with Crippen molar-refractivity contribution in [1.29, 1.82) is 5.26 Å². The van der Waals surface area contributed by atoms with E-state index in [1.165, 1.54) is 0 Å². The zero-order valence-electron chi connectivity index (χ0n) is 7.82. The molecule has 1 aliphatic rings. The normalized spacial score (nSPS) is 17.9. The summed E-state index contributed by atoms with van der Waals surface area (Å²) < 4.78 is 5.11. The summed E-state index contributed by atoms with van der Waals surface area (Å²) in [4.78, 5) is 0. The first kappa shape index (κ1) is 8.64. The van der Waals surface area contributed by atoms with Crippen LogP contribution in [-0.4, -0.2) is 13.2 Å². The molecule has 0 aromatic heterocycles. The Morgan fingerprint density at radius 3 is 3.07 bits per heavy atom. The molecule has 0 radical (unpaired) electrons. The number of hydrogen-bond donors (Lipinski definition) is 1. The average molecular weight is 186 g/mol. The van der Waals surface area contributed by atoms with Crippen molar-refractivity contribution in [2.45, 2.75) is 6.04 Å². The van der Waals surface area contributed by atoms with Gasteiger partial charge in [-0.3, -0.25) is 0 Å². The number of methoxy groups -OCH3 is 1. The SMILES string of the molecule is COc1ccc2c(c1)C=CC(C#N)N2. The molecule has 0 amide bonds. The van der Waals surface area contributed by atoms with Crippen molar-refractivity contribution in [1.82, 2.24) is 0 Å². The van der Waals surface area contributed by atoms with E-state index in [2.05, 4.69) is 11.4 Å². The van der Waals surface area contributed by atoms with Crippen LogP contribution in [0.2, 0.25) is 0 Å². The Labute approximate surface area is 82.6 Å². The second kappa shape index (κ2) is 3.43. The van der Waals surface area contributed by atoms with Gasteiger partial charge >= 0.3 is 0 Å². The minimum Gasteiger partial charge on any atom is -0.497 e. The topological polar surface area (TPSA) is 45.0 Å². The zero-order chi connectivity index (χ0) is 9.97. The molecule has 70 valence electrons. The third-order valence-corrected chi connectivity index (χ3v) is 2.18. The van der Waals surface area contributed by atoms with Gasteiger partial charge in [-0.1, -0.05) is 6.08 Å². The molecular formula is C11H10N2O. The van der Waals surface area contributed by atoms with Crippen LogP contribution in [0.15, 0.2) is 24.3 Å². The molecule has 1 aliphatic heterocycles. The minimum atomic E-state index is -0.226. The number of anilines is 1. The van der Waals surface area contributed by atoms with Crippen molar-refractivity contribution in [3.63, 3.8) is 0 Å². The van der Waals surface area contributed by atoms with Crippen LogP contribution >= 0.6 is 0 Å². The third kappa shape index (κ3) is 1.42. The lowest BCUT2D eigenvalue weighted by molar-refractivity contribution is 0.415. The van der Waals surface area contributed by atoms with Crippen molar-refractivity contribution in [2.24, 2.45) is 0 Å². The van der Waals surface area contributed by atoms with Crippen LogP contribution in [0.1, 0.15) is 5.56 Å². The summed E-state index contributed by atoms with van der Waals surface area (Å²) >= 11 is 0. The molecule has 3 heteroatoms. The molecule has 0 saturated carbocycles. The fraction of sp³-hybridized carbons (Fsp3) is 0.182. The van der Waals surface area contributed by atoms with Gasteiger partial charge in [0.2, 0.25) is 0 Å². The highest BCUT2D eigenvalue weighted by Crippen LogP contribution is 2.26. The van der Waals surface area contributed by atoms with E-state index in [1.54, 1.807) is 7.11 Å². The standard InChI is InChI=1S/C11H10N2O/c1-14-10-4-5-11-8(6-10)2-3-9(7-12)13-11/h2-6,9,13H,1H3. The number of hydrogen-bond acceptors (Lipinski definition) is 3. The summed E-state index contributed by atoms with van der Waals surface area (Å²) in [5.41, 5.74) is 2.02. The number of ether oxygens (including phenoxy) is 1. The van der Waals surface area contributed by atoms with Gasteiger partial charge in [0.15, 0.2) is 0 Å². The fourth-order valence-corrected chi connectivity index (χ4v) is 1.43. The lowest BCUT2D eigenvalue weighted by Crippen LogP contribution is -2.17. The van der Waals surface area contributed by atoms with Crippen LogP contribution in [-0.2, 0) is 0 Å². The predicted octanol–water partition coefficient (Wildman–Crippen LogP) is 2.03. The Morgan fingerprint density at radius 1 is 1.50 bits per heavy atom. The van der Waals surface area contributed by atoms with Crippen LogP contribution in [0.25, 0.3) is 6.08 Å². The second-order valence-electron chi connectivity index (χ2n) is 3.06. The van der Waals surface area contributed by atoms with E-state index in [9.17, 15) is 0 Å². The zero-order valence-corrected chi connectivity index (χ0v) is 7.82. The summed E-state index contributed by atoms with van der Waals surface area (Å²) in [6.45, 7) is 0. The van der Waals surface area contributed by atoms with E-state index in [-0.39, 0.29) is 6.04 Å². The maximum absolute atomic E-state index is 8.73. The number of fused-ring (bicyclic) bond motifs is 1. The van der Waals surface area contributed by atoms with Crippen LogP contribution in [0.5, 0.6) is 5.75 Å². The summed E-state index contributed by atoms with van der Waals surface area (Å²) in [6, 6.07) is 7.65. The predicted molar refractivity (Wildman–Crippen MR) is 55.1 cm³/mol. The van der Waals surface area contributed by atoms with Crippen molar-refractivity contribution >= 4 is 11.8 Å². The number of benzene rings is 1. The Hall–Kier alpha value is -1.95. The fourth-order valence-electron chi connectivity index (χ4n) is 1.43. The van der Waals surface area contributed by atoms with E-state index < -0.39 is 0 Å². The molecule has 2 rings (SSSR count). The quantitative estimate of drug-likeness (QED) is 0.729. The van der Waals surface area contributed by atoms with Crippen molar-refractivity contribution in [2.75, 3.05) is 12.4 Å². The van der Waals surface area contributed by atoms with E-state index >= 15 is 0 Å². The van der Waals surface area contributed by atoms with Crippen LogP contribution in [0.4, 0.5) is 5.69 Å². The molecule has 1 heterocycles. The lowest BCUT2D eigenvalue weighted by atomic mass is 10.1. The van der Waals surface area contributed by atoms with Gasteiger partial charge in [-0.05, 0) is 24.3 Å². The van der Waals surface area contributed by atoms with Crippen LogP contribution in [0, 0.1) is 11.3 Å². The maximum Gasteiger partial charge on any atom is 0.133 e. The molecule has 0 fully saturated rings. The van der Waals surface area contributed by atoms with E-state index in [0.717, 1.165) is 17.0 Å². The first-order chi connectivity index (χ1) is 6.83. The molecule has 1 aromatic rings. The Bertz CT molecular complexity index is 418. The number of rotatable bonds is 1. The Morgan fingerprint density at radius 2 is 2.36 bits per heavy atom.